The minimum atomic E-state index is -0.129. The fourth-order valence-corrected chi connectivity index (χ4v) is 4.12. The van der Waals surface area contributed by atoms with E-state index in [2.05, 4.69) is 23.6 Å². The number of para-hydroxylation sites is 1. The highest BCUT2D eigenvalue weighted by Crippen LogP contribution is 2.31. The highest BCUT2D eigenvalue weighted by Gasteiger charge is 2.28. The van der Waals surface area contributed by atoms with Gasteiger partial charge in [0.25, 0.3) is 0 Å². The summed E-state index contributed by atoms with van der Waals surface area (Å²) in [7, 11) is 0. The van der Waals surface area contributed by atoms with Crippen molar-refractivity contribution in [2.24, 2.45) is 5.41 Å². The Labute approximate surface area is 189 Å². The van der Waals surface area contributed by atoms with Gasteiger partial charge in [0, 0.05) is 24.1 Å². The van der Waals surface area contributed by atoms with Crippen LogP contribution in [0.5, 0.6) is 5.75 Å². The maximum absolute atomic E-state index is 10.1. The Morgan fingerprint density at radius 1 is 0.806 bits per heavy atom. The van der Waals surface area contributed by atoms with Crippen molar-refractivity contribution in [3.8, 4) is 5.75 Å². The number of benzene rings is 1. The molecule has 4 heteroatoms. The molecule has 0 aromatic heterocycles. The number of phenolic OH excluding ortho intramolecular Hbond substituents is 1. The number of hydrogen-bond donors (Lipinski definition) is 4. The molecule has 0 heterocycles. The molecule has 4 nitrogen and oxygen atoms in total. The molecule has 1 aromatic rings. The van der Waals surface area contributed by atoms with Crippen LogP contribution in [0.1, 0.15) is 83.1 Å². The molecule has 0 saturated carbocycles. The summed E-state index contributed by atoms with van der Waals surface area (Å²) in [6.07, 6.45) is 19.9. The summed E-state index contributed by atoms with van der Waals surface area (Å²) in [4.78, 5) is 0. The number of aliphatic hydroxyl groups excluding tert-OH is 1. The Bertz CT molecular complexity index is 671. The van der Waals surface area contributed by atoms with Crippen molar-refractivity contribution in [2.45, 2.75) is 84.1 Å². The van der Waals surface area contributed by atoms with Crippen molar-refractivity contribution in [2.75, 3.05) is 19.6 Å². The normalized spacial score (nSPS) is 18.3. The van der Waals surface area contributed by atoms with E-state index in [4.69, 9.17) is 0 Å². The zero-order valence-corrected chi connectivity index (χ0v) is 19.5. The summed E-state index contributed by atoms with van der Waals surface area (Å²) in [6, 6.07) is 7.54. The molecule has 1 atom stereocenters. The standard InChI is InChI=1S/C27H44N2O2/c1-27(19-13-12-18-26(27)31)23-29-21-15-9-7-5-3-2-4-6-8-14-20-28-22-24-16-10-11-17-25(24)30/h10-13,16-18,28-31H,2-9,14-15,19-23H2,1H3. The van der Waals surface area contributed by atoms with Crippen molar-refractivity contribution < 1.29 is 10.2 Å². The summed E-state index contributed by atoms with van der Waals surface area (Å²) in [5.41, 5.74) is 0.848. The van der Waals surface area contributed by atoms with Gasteiger partial charge in [0.2, 0.25) is 0 Å². The lowest BCUT2D eigenvalue weighted by Crippen LogP contribution is -2.34. The van der Waals surface area contributed by atoms with Gasteiger partial charge in [0.15, 0.2) is 0 Å². The molecule has 0 aliphatic heterocycles. The zero-order chi connectivity index (χ0) is 22.2. The fourth-order valence-electron chi connectivity index (χ4n) is 4.12. The summed E-state index contributed by atoms with van der Waals surface area (Å²) < 4.78 is 0. The maximum atomic E-state index is 10.1. The van der Waals surface area contributed by atoms with E-state index in [9.17, 15) is 10.2 Å². The minimum absolute atomic E-state index is 0.129. The second-order valence-electron chi connectivity index (χ2n) is 9.26. The van der Waals surface area contributed by atoms with Crippen molar-refractivity contribution in [3.63, 3.8) is 0 Å². The Morgan fingerprint density at radius 3 is 2.00 bits per heavy atom. The molecule has 0 spiro atoms. The van der Waals surface area contributed by atoms with Crippen molar-refractivity contribution in [3.05, 3.63) is 53.8 Å². The van der Waals surface area contributed by atoms with Crippen molar-refractivity contribution >= 4 is 0 Å². The first kappa shape index (κ1) is 25.5. The molecular formula is C27H44N2O2. The lowest BCUT2D eigenvalue weighted by Gasteiger charge is -2.30. The molecular weight excluding hydrogens is 384 g/mol. The Hall–Kier alpha value is -1.78. The van der Waals surface area contributed by atoms with Gasteiger partial charge in [-0.3, -0.25) is 0 Å². The van der Waals surface area contributed by atoms with Crippen LogP contribution >= 0.6 is 0 Å². The number of phenols is 1. The molecule has 174 valence electrons. The first-order valence-electron chi connectivity index (χ1n) is 12.4. The quantitative estimate of drug-likeness (QED) is 0.217. The molecule has 0 bridgehead atoms. The number of nitrogens with one attached hydrogen (secondary N) is 2. The highest BCUT2D eigenvalue weighted by molar-refractivity contribution is 5.31. The molecule has 4 N–H and O–H groups in total. The number of rotatable bonds is 17. The molecule has 2 rings (SSSR count). The van der Waals surface area contributed by atoms with Gasteiger partial charge < -0.3 is 20.8 Å². The predicted molar refractivity (Wildman–Crippen MR) is 131 cm³/mol. The monoisotopic (exact) mass is 428 g/mol. The number of unbranched alkanes of at least 4 members (excludes halogenated alkanes) is 9. The molecule has 0 fully saturated rings. The van der Waals surface area contributed by atoms with Gasteiger partial charge in [-0.25, -0.2) is 0 Å². The van der Waals surface area contributed by atoms with Gasteiger partial charge in [0.1, 0.15) is 5.75 Å². The summed E-state index contributed by atoms with van der Waals surface area (Å²) in [5, 5.41) is 26.7. The van der Waals surface area contributed by atoms with Crippen LogP contribution in [0, 0.1) is 5.41 Å². The van der Waals surface area contributed by atoms with E-state index in [1.807, 2.05) is 30.4 Å². The van der Waals surface area contributed by atoms with Gasteiger partial charge >= 0.3 is 0 Å². The SMILES string of the molecule is CC1(CNCCCCCCCCCCCCNCc2ccccc2O)CC=CC=C1O. The van der Waals surface area contributed by atoms with Crippen LogP contribution in [0.3, 0.4) is 0 Å². The van der Waals surface area contributed by atoms with Crippen molar-refractivity contribution in [1.29, 1.82) is 0 Å². The van der Waals surface area contributed by atoms with E-state index in [0.29, 0.717) is 11.5 Å². The summed E-state index contributed by atoms with van der Waals surface area (Å²) in [5.74, 6) is 0.890. The van der Waals surface area contributed by atoms with Crippen LogP contribution in [-0.2, 0) is 6.54 Å². The summed E-state index contributed by atoms with van der Waals surface area (Å²) >= 11 is 0. The predicted octanol–water partition coefficient (Wildman–Crippen LogP) is 6.38. The fraction of sp³-hybridized carbons (Fsp3) is 0.630. The van der Waals surface area contributed by atoms with Crippen LogP contribution in [0.25, 0.3) is 0 Å². The Kier molecular flexibility index (Phi) is 12.4. The van der Waals surface area contributed by atoms with E-state index >= 15 is 0 Å². The highest BCUT2D eigenvalue weighted by atomic mass is 16.3. The minimum Gasteiger partial charge on any atom is -0.512 e. The maximum Gasteiger partial charge on any atom is 0.120 e. The topological polar surface area (TPSA) is 64.5 Å². The Balaban J connectivity index is 1.30. The smallest absolute Gasteiger partial charge is 0.120 e. The lowest BCUT2D eigenvalue weighted by molar-refractivity contribution is 0.228. The lowest BCUT2D eigenvalue weighted by atomic mass is 9.81. The molecule has 1 aliphatic rings. The summed E-state index contributed by atoms with van der Waals surface area (Å²) in [6.45, 7) is 5.79. The third-order valence-corrected chi connectivity index (χ3v) is 6.36. The zero-order valence-electron chi connectivity index (χ0n) is 19.5. The van der Waals surface area contributed by atoms with E-state index in [1.54, 1.807) is 6.07 Å². The molecule has 0 saturated heterocycles. The number of aliphatic hydroxyl groups is 1. The molecule has 31 heavy (non-hydrogen) atoms. The van der Waals surface area contributed by atoms with Crippen LogP contribution in [0.4, 0.5) is 0 Å². The first-order valence-corrected chi connectivity index (χ1v) is 12.4. The van der Waals surface area contributed by atoms with Gasteiger partial charge in [-0.05, 0) is 44.5 Å². The van der Waals surface area contributed by atoms with Gasteiger partial charge in [-0.2, -0.15) is 0 Å². The van der Waals surface area contributed by atoms with E-state index in [0.717, 1.165) is 38.2 Å². The Morgan fingerprint density at radius 2 is 1.39 bits per heavy atom. The molecule has 0 amide bonds. The van der Waals surface area contributed by atoms with Gasteiger partial charge in [-0.1, -0.05) is 88.6 Å². The van der Waals surface area contributed by atoms with Crippen LogP contribution in [-0.4, -0.2) is 29.8 Å². The van der Waals surface area contributed by atoms with E-state index in [-0.39, 0.29) is 5.41 Å². The van der Waals surface area contributed by atoms with Crippen LogP contribution in [0.15, 0.2) is 48.3 Å². The number of allylic oxidation sites excluding steroid dienone is 3. The molecule has 0 radical (unpaired) electrons. The average molecular weight is 429 g/mol. The van der Waals surface area contributed by atoms with E-state index in [1.165, 1.54) is 64.2 Å². The third kappa shape index (κ3) is 10.4. The van der Waals surface area contributed by atoms with Gasteiger partial charge in [0.05, 0.1) is 5.76 Å². The second-order valence-corrected chi connectivity index (χ2v) is 9.26. The second kappa shape index (κ2) is 15.1. The average Bonchev–Trinajstić information content (AvgIpc) is 2.77. The first-order chi connectivity index (χ1) is 15.1. The molecule has 1 aromatic carbocycles. The largest absolute Gasteiger partial charge is 0.512 e. The molecule has 1 aliphatic carbocycles. The molecule has 1 unspecified atom stereocenters. The van der Waals surface area contributed by atoms with E-state index < -0.39 is 0 Å². The third-order valence-electron chi connectivity index (χ3n) is 6.36. The van der Waals surface area contributed by atoms with Gasteiger partial charge in [-0.15, -0.1) is 0 Å². The van der Waals surface area contributed by atoms with Crippen LogP contribution < -0.4 is 10.6 Å². The number of hydrogen-bond acceptors (Lipinski definition) is 4. The number of aromatic hydroxyl groups is 1. The van der Waals surface area contributed by atoms with Crippen LogP contribution in [0.2, 0.25) is 0 Å². The van der Waals surface area contributed by atoms with Crippen molar-refractivity contribution in [1.82, 2.24) is 10.6 Å².